The van der Waals surface area contributed by atoms with Crippen LogP contribution in [0, 0.1) is 5.92 Å². The second-order valence-electron chi connectivity index (χ2n) is 4.49. The van der Waals surface area contributed by atoms with Crippen LogP contribution in [0.2, 0.25) is 0 Å². The van der Waals surface area contributed by atoms with E-state index in [0.29, 0.717) is 0 Å². The predicted octanol–water partition coefficient (Wildman–Crippen LogP) is -3.03. The van der Waals surface area contributed by atoms with Gasteiger partial charge >= 0.3 is 31.1 Å². The van der Waals surface area contributed by atoms with E-state index in [4.69, 9.17) is 18.4 Å². The van der Waals surface area contributed by atoms with Crippen LogP contribution >= 0.6 is 0 Å². The first-order chi connectivity index (χ1) is 10.7. The van der Waals surface area contributed by atoms with Crippen molar-refractivity contribution in [2.24, 2.45) is 5.92 Å². The van der Waals surface area contributed by atoms with E-state index < -0.39 is 68.5 Å². The summed E-state index contributed by atoms with van der Waals surface area (Å²) < 4.78 is 105. The lowest BCUT2D eigenvalue weighted by Gasteiger charge is -2.38. The summed E-state index contributed by atoms with van der Waals surface area (Å²) in [5, 5.41) is 0. The Morgan fingerprint density at radius 3 is 2.08 bits per heavy atom. The topological polar surface area (TPSA) is 220 Å². The number of nitrogens with one attached hydrogen (secondary N) is 1. The summed E-state index contributed by atoms with van der Waals surface area (Å²) in [6.45, 7) is -1.63. The van der Waals surface area contributed by atoms with Crippen molar-refractivity contribution in [2.45, 2.75) is 18.2 Å². The van der Waals surface area contributed by atoms with Gasteiger partial charge in [0.1, 0.15) is 12.4 Å². The standard InChI is InChI=1S/C7H13NO13S3/c9-1-4-6(3-20-23(13,14)15)19-2-5(8-22(10,11)12)7(4)21-24(16,17)18/h1,4-8H,2-3H2,(H,10,11,12)(H,13,14,15)(H,16,17,18)/t4-,5?,6?,7-/m0/s1. The van der Waals surface area contributed by atoms with Crippen molar-refractivity contribution in [1.82, 2.24) is 4.72 Å². The van der Waals surface area contributed by atoms with Crippen molar-refractivity contribution in [3.05, 3.63) is 0 Å². The van der Waals surface area contributed by atoms with E-state index in [0.717, 1.165) is 0 Å². The van der Waals surface area contributed by atoms with Crippen molar-refractivity contribution in [1.29, 1.82) is 0 Å². The number of carbonyl (C=O) groups is 1. The first kappa shape index (κ1) is 21.3. The fraction of sp³-hybridized carbons (Fsp3) is 0.857. The molecule has 0 saturated carbocycles. The predicted molar refractivity (Wildman–Crippen MR) is 71.7 cm³/mol. The summed E-state index contributed by atoms with van der Waals surface area (Å²) in [6.07, 6.45) is -3.34. The highest BCUT2D eigenvalue weighted by molar-refractivity contribution is 7.83. The molecule has 0 aromatic carbocycles. The normalized spacial score (nSPS) is 29.3. The van der Waals surface area contributed by atoms with Crippen LogP contribution in [0.3, 0.4) is 0 Å². The molecule has 24 heavy (non-hydrogen) atoms. The summed E-state index contributed by atoms with van der Waals surface area (Å²) in [5.41, 5.74) is 0. The highest BCUT2D eigenvalue weighted by Gasteiger charge is 2.45. The van der Waals surface area contributed by atoms with Crippen LogP contribution in [0.5, 0.6) is 0 Å². The highest BCUT2D eigenvalue weighted by atomic mass is 32.3. The van der Waals surface area contributed by atoms with E-state index >= 15 is 0 Å². The van der Waals surface area contributed by atoms with Crippen molar-refractivity contribution in [2.75, 3.05) is 13.2 Å². The minimum atomic E-state index is -5.16. The third-order valence-corrected chi connectivity index (χ3v) is 4.27. The lowest BCUT2D eigenvalue weighted by molar-refractivity contribution is -0.138. The molecular formula is C7H13NO13S3. The van der Waals surface area contributed by atoms with E-state index in [1.165, 1.54) is 4.72 Å². The Bertz CT molecular complexity index is 755. The van der Waals surface area contributed by atoms with Gasteiger partial charge in [0.15, 0.2) is 0 Å². The molecule has 1 saturated heterocycles. The smallest absolute Gasteiger partial charge is 0.373 e. The van der Waals surface area contributed by atoms with Gasteiger partial charge in [-0.2, -0.15) is 30.0 Å². The maximum Gasteiger partial charge on any atom is 0.397 e. The van der Waals surface area contributed by atoms with Gasteiger partial charge in [-0.3, -0.25) is 13.7 Å². The third-order valence-electron chi connectivity index (χ3n) is 2.77. The first-order valence-electron chi connectivity index (χ1n) is 5.81. The number of aldehydes is 1. The number of rotatable bonds is 8. The van der Waals surface area contributed by atoms with Crippen LogP contribution in [0.4, 0.5) is 0 Å². The minimum absolute atomic E-state index is 0.0334. The molecular weight excluding hydrogens is 402 g/mol. The van der Waals surface area contributed by atoms with Gasteiger partial charge in [-0.25, -0.2) is 8.37 Å². The van der Waals surface area contributed by atoms with Crippen molar-refractivity contribution in [3.8, 4) is 0 Å². The van der Waals surface area contributed by atoms with Gasteiger partial charge in [-0.05, 0) is 0 Å². The Labute approximate surface area is 136 Å². The quantitative estimate of drug-likeness (QED) is 0.229. The third kappa shape index (κ3) is 7.42. The molecule has 1 aliphatic rings. The summed E-state index contributed by atoms with van der Waals surface area (Å²) in [6, 6.07) is -1.63. The molecule has 4 N–H and O–H groups in total. The van der Waals surface area contributed by atoms with E-state index in [-0.39, 0.29) is 6.29 Å². The summed E-state index contributed by atoms with van der Waals surface area (Å²) >= 11 is 0. The monoisotopic (exact) mass is 415 g/mol. The Balaban J connectivity index is 3.07. The largest absolute Gasteiger partial charge is 0.397 e. The average molecular weight is 415 g/mol. The number of hydrogen-bond donors (Lipinski definition) is 4. The van der Waals surface area contributed by atoms with Crippen LogP contribution in [0.1, 0.15) is 0 Å². The SMILES string of the molecule is O=C[C@H]1C(COS(=O)(=O)O)OCC(NS(=O)(=O)O)[C@H]1OS(=O)(=O)O. The molecule has 1 aliphatic heterocycles. The molecule has 142 valence electrons. The van der Waals surface area contributed by atoms with Gasteiger partial charge < -0.3 is 9.53 Å². The molecule has 14 nitrogen and oxygen atoms in total. The Morgan fingerprint density at radius 1 is 1.08 bits per heavy atom. The second-order valence-corrected chi connectivity index (χ2v) is 7.81. The molecule has 1 heterocycles. The maximum absolute atomic E-state index is 11.2. The molecule has 1 rings (SSSR count). The maximum atomic E-state index is 11.2. The number of carbonyl (C=O) groups excluding carboxylic acids is 1. The molecule has 0 aliphatic carbocycles. The lowest BCUT2D eigenvalue weighted by atomic mass is 9.90. The molecule has 0 bridgehead atoms. The van der Waals surface area contributed by atoms with E-state index in [1.54, 1.807) is 0 Å². The van der Waals surface area contributed by atoms with Gasteiger partial charge in [0.05, 0.1) is 31.3 Å². The van der Waals surface area contributed by atoms with Crippen molar-refractivity contribution in [3.63, 3.8) is 0 Å². The zero-order chi connectivity index (χ0) is 18.8. The van der Waals surface area contributed by atoms with Crippen LogP contribution in [-0.2, 0) is 49.0 Å². The van der Waals surface area contributed by atoms with Gasteiger partial charge in [0.2, 0.25) is 0 Å². The average Bonchev–Trinajstić information content (AvgIpc) is 2.34. The summed E-state index contributed by atoms with van der Waals surface area (Å²) in [5.74, 6) is -1.65. The van der Waals surface area contributed by atoms with Crippen molar-refractivity contribution < 1.29 is 56.8 Å². The van der Waals surface area contributed by atoms with E-state index in [1.807, 2.05) is 0 Å². The van der Waals surface area contributed by atoms with Gasteiger partial charge in [0.25, 0.3) is 0 Å². The zero-order valence-corrected chi connectivity index (χ0v) is 13.9. The molecule has 0 aromatic heterocycles. The number of hydrogen-bond acceptors (Lipinski definition) is 10. The van der Waals surface area contributed by atoms with Crippen LogP contribution in [0.15, 0.2) is 0 Å². The van der Waals surface area contributed by atoms with E-state index in [2.05, 4.69) is 8.37 Å². The molecule has 17 heteroatoms. The Kier molecular flexibility index (Phi) is 6.77. The van der Waals surface area contributed by atoms with Crippen molar-refractivity contribution >= 4 is 37.4 Å². The first-order valence-corrected chi connectivity index (χ1v) is 9.98. The Hall–Kier alpha value is -0.760. The molecule has 0 amide bonds. The Morgan fingerprint density at radius 2 is 1.67 bits per heavy atom. The summed E-state index contributed by atoms with van der Waals surface area (Å²) in [4.78, 5) is 11.2. The van der Waals surface area contributed by atoms with Crippen LogP contribution in [0.25, 0.3) is 0 Å². The minimum Gasteiger partial charge on any atom is -0.373 e. The summed E-state index contributed by atoms with van der Waals surface area (Å²) in [7, 11) is -14.9. The molecule has 4 atom stereocenters. The van der Waals surface area contributed by atoms with Gasteiger partial charge in [-0.15, -0.1) is 0 Å². The van der Waals surface area contributed by atoms with Crippen LogP contribution < -0.4 is 4.72 Å². The fourth-order valence-corrected chi connectivity index (χ4v) is 3.39. The molecule has 2 unspecified atom stereocenters. The van der Waals surface area contributed by atoms with Crippen LogP contribution in [-0.4, -0.2) is 76.7 Å². The zero-order valence-electron chi connectivity index (χ0n) is 11.4. The highest BCUT2D eigenvalue weighted by Crippen LogP contribution is 2.25. The second kappa shape index (κ2) is 7.64. The fourth-order valence-electron chi connectivity index (χ4n) is 1.95. The lowest BCUT2D eigenvalue weighted by Crippen LogP contribution is -2.59. The van der Waals surface area contributed by atoms with E-state index in [9.17, 15) is 30.0 Å². The van der Waals surface area contributed by atoms with Gasteiger partial charge in [0, 0.05) is 0 Å². The number of ether oxygens (including phenoxy) is 1. The molecule has 0 radical (unpaired) electrons. The molecule has 1 fully saturated rings. The molecule has 0 spiro atoms. The molecule has 0 aromatic rings. The van der Waals surface area contributed by atoms with Gasteiger partial charge in [-0.1, -0.05) is 0 Å².